The fraction of sp³-hybridized carbons (Fsp3) is 0.857. The number of carboxylic acids is 1. The van der Waals surface area contributed by atoms with Crippen LogP contribution in [0.25, 0.3) is 0 Å². The van der Waals surface area contributed by atoms with Crippen molar-refractivity contribution >= 4 is 17.7 Å². The summed E-state index contributed by atoms with van der Waals surface area (Å²) in [6.07, 6.45) is 0.863. The minimum absolute atomic E-state index is 0.0964. The number of carbonyl (C=O) groups is 1. The highest BCUT2D eigenvalue weighted by atomic mass is 32.2. The molecule has 0 bridgehead atoms. The van der Waals surface area contributed by atoms with Gasteiger partial charge in [-0.25, -0.2) is 0 Å². The van der Waals surface area contributed by atoms with Gasteiger partial charge in [0.25, 0.3) is 0 Å². The first-order valence-corrected chi connectivity index (χ1v) is 4.97. The van der Waals surface area contributed by atoms with Crippen molar-refractivity contribution in [1.29, 1.82) is 0 Å². The van der Waals surface area contributed by atoms with Gasteiger partial charge in [-0.05, 0) is 6.42 Å². The van der Waals surface area contributed by atoms with Crippen LogP contribution in [-0.2, 0) is 4.79 Å². The molecule has 0 radical (unpaired) electrons. The molecule has 2 rings (SSSR count). The number of nitrogens with zero attached hydrogens (tertiary/aromatic N) is 1. The first-order chi connectivity index (χ1) is 5.27. The highest BCUT2D eigenvalue weighted by molar-refractivity contribution is 7.99. The van der Waals surface area contributed by atoms with Crippen LogP contribution in [0.4, 0.5) is 0 Å². The van der Waals surface area contributed by atoms with Crippen molar-refractivity contribution in [3.05, 3.63) is 0 Å². The van der Waals surface area contributed by atoms with E-state index in [1.807, 2.05) is 11.8 Å². The molecule has 0 aromatic carbocycles. The molecule has 2 saturated heterocycles. The Balaban J connectivity index is 1.99. The number of aliphatic carboxylic acids is 1. The lowest BCUT2D eigenvalue weighted by atomic mass is 10.1. The van der Waals surface area contributed by atoms with E-state index in [4.69, 9.17) is 5.11 Å². The molecule has 0 aromatic heterocycles. The lowest BCUT2D eigenvalue weighted by molar-refractivity contribution is -0.141. The first kappa shape index (κ1) is 7.43. The highest BCUT2D eigenvalue weighted by Crippen LogP contribution is 2.32. The molecule has 62 valence electrons. The molecular formula is C7H11NO2S. The van der Waals surface area contributed by atoms with Gasteiger partial charge in [-0.2, -0.15) is 0 Å². The third-order valence-corrected chi connectivity index (χ3v) is 3.58. The van der Waals surface area contributed by atoms with E-state index in [9.17, 15) is 4.79 Å². The number of fused-ring (bicyclic) bond motifs is 1. The second kappa shape index (κ2) is 2.68. The number of rotatable bonds is 1. The third-order valence-electron chi connectivity index (χ3n) is 2.44. The zero-order valence-corrected chi connectivity index (χ0v) is 7.01. The molecule has 0 unspecified atom stereocenters. The lowest BCUT2D eigenvalue weighted by Crippen LogP contribution is -2.24. The first-order valence-electron chi connectivity index (χ1n) is 3.82. The van der Waals surface area contributed by atoms with Crippen molar-refractivity contribution in [2.45, 2.75) is 12.5 Å². The second-order valence-electron chi connectivity index (χ2n) is 3.20. The van der Waals surface area contributed by atoms with Gasteiger partial charge in [0.1, 0.15) is 0 Å². The van der Waals surface area contributed by atoms with Crippen molar-refractivity contribution in [3.63, 3.8) is 0 Å². The molecular weight excluding hydrogens is 162 g/mol. The van der Waals surface area contributed by atoms with Crippen LogP contribution in [-0.4, -0.2) is 40.2 Å². The van der Waals surface area contributed by atoms with E-state index in [2.05, 4.69) is 4.90 Å². The van der Waals surface area contributed by atoms with Crippen LogP contribution in [0.1, 0.15) is 6.42 Å². The molecule has 0 aliphatic carbocycles. The van der Waals surface area contributed by atoms with Gasteiger partial charge < -0.3 is 5.11 Å². The molecule has 0 aromatic rings. The summed E-state index contributed by atoms with van der Waals surface area (Å²) in [6, 6.07) is 0.557. The quantitative estimate of drug-likeness (QED) is 0.625. The van der Waals surface area contributed by atoms with Crippen molar-refractivity contribution in [1.82, 2.24) is 4.90 Å². The van der Waals surface area contributed by atoms with Crippen molar-refractivity contribution < 1.29 is 9.90 Å². The van der Waals surface area contributed by atoms with E-state index in [1.54, 1.807) is 0 Å². The van der Waals surface area contributed by atoms with Crippen LogP contribution in [0.2, 0.25) is 0 Å². The molecule has 0 saturated carbocycles. The predicted molar refractivity (Wildman–Crippen MR) is 43.6 cm³/mol. The Morgan fingerprint density at radius 3 is 3.09 bits per heavy atom. The summed E-state index contributed by atoms with van der Waals surface area (Å²) in [7, 11) is 0. The third kappa shape index (κ3) is 1.25. The fourth-order valence-electron chi connectivity index (χ4n) is 1.80. The summed E-state index contributed by atoms with van der Waals surface area (Å²) in [5.74, 6) is 1.45. The average molecular weight is 173 g/mol. The minimum Gasteiger partial charge on any atom is -0.481 e. The molecule has 2 fully saturated rings. The summed E-state index contributed by atoms with van der Waals surface area (Å²) >= 11 is 1.91. The van der Waals surface area contributed by atoms with Crippen LogP contribution in [0.3, 0.4) is 0 Å². The topological polar surface area (TPSA) is 40.5 Å². The molecule has 11 heavy (non-hydrogen) atoms. The Kier molecular flexibility index (Phi) is 1.81. The standard InChI is InChI=1S/C7H11NO2S/c9-7(10)5-1-6-3-11-4-8(6)2-5/h5-6H,1-4H2,(H,9,10)/t5-,6+/m0/s1. The summed E-state index contributed by atoms with van der Waals surface area (Å²) in [5, 5.41) is 8.73. The van der Waals surface area contributed by atoms with Gasteiger partial charge in [-0.1, -0.05) is 0 Å². The van der Waals surface area contributed by atoms with E-state index in [-0.39, 0.29) is 5.92 Å². The molecule has 0 amide bonds. The number of hydrogen-bond donors (Lipinski definition) is 1. The molecule has 2 aliphatic heterocycles. The Morgan fingerprint density at radius 1 is 1.64 bits per heavy atom. The van der Waals surface area contributed by atoms with Crippen LogP contribution in [0.15, 0.2) is 0 Å². The van der Waals surface area contributed by atoms with Gasteiger partial charge in [0.15, 0.2) is 0 Å². The van der Waals surface area contributed by atoms with Crippen LogP contribution in [0.5, 0.6) is 0 Å². The van der Waals surface area contributed by atoms with Crippen molar-refractivity contribution in [2.75, 3.05) is 18.2 Å². The predicted octanol–water partition coefficient (Wildman–Crippen LogP) is 0.466. The van der Waals surface area contributed by atoms with Gasteiger partial charge >= 0.3 is 5.97 Å². The monoisotopic (exact) mass is 173 g/mol. The zero-order chi connectivity index (χ0) is 7.84. The fourth-order valence-corrected chi connectivity index (χ4v) is 3.08. The summed E-state index contributed by atoms with van der Waals surface area (Å²) in [4.78, 5) is 12.9. The van der Waals surface area contributed by atoms with Gasteiger partial charge in [-0.15, -0.1) is 11.8 Å². The number of hydrogen-bond acceptors (Lipinski definition) is 3. The van der Waals surface area contributed by atoms with E-state index < -0.39 is 5.97 Å². The summed E-state index contributed by atoms with van der Waals surface area (Å²) < 4.78 is 0. The molecule has 2 aliphatic rings. The van der Waals surface area contributed by atoms with E-state index in [1.165, 1.54) is 0 Å². The maximum Gasteiger partial charge on any atom is 0.307 e. The Labute approximate surface area is 69.8 Å². The zero-order valence-electron chi connectivity index (χ0n) is 6.19. The molecule has 0 spiro atoms. The molecule has 3 nitrogen and oxygen atoms in total. The SMILES string of the molecule is O=C(O)[C@H]1C[C@@H]2CSCN2C1. The normalized spacial score (nSPS) is 37.5. The Bertz CT molecular complexity index is 173. The second-order valence-corrected chi connectivity index (χ2v) is 4.20. The van der Waals surface area contributed by atoms with Crippen molar-refractivity contribution in [3.8, 4) is 0 Å². The maximum atomic E-state index is 10.6. The van der Waals surface area contributed by atoms with Crippen LogP contribution >= 0.6 is 11.8 Å². The van der Waals surface area contributed by atoms with Crippen molar-refractivity contribution in [2.24, 2.45) is 5.92 Å². The van der Waals surface area contributed by atoms with E-state index in [0.29, 0.717) is 6.04 Å². The van der Waals surface area contributed by atoms with Gasteiger partial charge in [0.2, 0.25) is 0 Å². The Hall–Kier alpha value is -0.220. The van der Waals surface area contributed by atoms with Gasteiger partial charge in [0.05, 0.1) is 5.92 Å². The van der Waals surface area contributed by atoms with Gasteiger partial charge in [-0.3, -0.25) is 9.69 Å². The lowest BCUT2D eigenvalue weighted by Gasteiger charge is -2.10. The highest BCUT2D eigenvalue weighted by Gasteiger charge is 2.38. The molecule has 2 heterocycles. The smallest absolute Gasteiger partial charge is 0.307 e. The van der Waals surface area contributed by atoms with Crippen LogP contribution < -0.4 is 0 Å². The summed E-state index contributed by atoms with van der Waals surface area (Å²) in [6.45, 7) is 0.771. The average Bonchev–Trinajstić information content (AvgIpc) is 2.40. The molecule has 1 N–H and O–H groups in total. The van der Waals surface area contributed by atoms with Crippen LogP contribution in [0, 0.1) is 5.92 Å². The largest absolute Gasteiger partial charge is 0.481 e. The molecule has 2 atom stereocenters. The number of thioether (sulfide) groups is 1. The maximum absolute atomic E-state index is 10.6. The van der Waals surface area contributed by atoms with E-state index >= 15 is 0 Å². The summed E-state index contributed by atoms with van der Waals surface area (Å²) in [5.41, 5.74) is 0. The number of carboxylic acid groups (broad SMARTS) is 1. The molecule has 4 heteroatoms. The van der Waals surface area contributed by atoms with Gasteiger partial charge in [0, 0.05) is 24.2 Å². The van der Waals surface area contributed by atoms with E-state index in [0.717, 1.165) is 24.6 Å². The minimum atomic E-state index is -0.621. The Morgan fingerprint density at radius 2 is 2.45 bits per heavy atom.